The number of benzene rings is 3. The van der Waals surface area contributed by atoms with E-state index >= 15 is 0 Å². The third kappa shape index (κ3) is 8.78. The van der Waals surface area contributed by atoms with Crippen molar-refractivity contribution in [3.63, 3.8) is 0 Å². The number of aliphatic hydroxyl groups is 1. The lowest BCUT2D eigenvalue weighted by Crippen LogP contribution is -2.50. The van der Waals surface area contributed by atoms with Gasteiger partial charge in [-0.15, -0.1) is 0 Å². The smallest absolute Gasteiger partial charge is 0.122 e. The summed E-state index contributed by atoms with van der Waals surface area (Å²) in [6.07, 6.45) is 1.25. The molecule has 6 heteroatoms. The number of aliphatic hydroxyl groups excluding tert-OH is 1. The van der Waals surface area contributed by atoms with Crippen molar-refractivity contribution in [2.45, 2.75) is 25.9 Å². The van der Waals surface area contributed by atoms with Crippen LogP contribution in [0.3, 0.4) is 0 Å². The van der Waals surface area contributed by atoms with E-state index < -0.39 is 6.10 Å². The summed E-state index contributed by atoms with van der Waals surface area (Å²) in [6, 6.07) is 24.5. The van der Waals surface area contributed by atoms with Crippen molar-refractivity contribution in [3.05, 3.63) is 89.5 Å². The highest BCUT2D eigenvalue weighted by Gasteiger charge is 2.19. The molecule has 0 aliphatic carbocycles. The van der Waals surface area contributed by atoms with Crippen molar-refractivity contribution >= 4 is 0 Å². The van der Waals surface area contributed by atoms with Gasteiger partial charge in [0.2, 0.25) is 0 Å². The highest BCUT2D eigenvalue weighted by atomic mass is 16.5. The van der Waals surface area contributed by atoms with Crippen molar-refractivity contribution in [1.82, 2.24) is 9.80 Å². The molecule has 0 bridgehead atoms. The summed E-state index contributed by atoms with van der Waals surface area (Å²) in [5.41, 5.74) is 3.60. The van der Waals surface area contributed by atoms with Gasteiger partial charge in [0, 0.05) is 39.3 Å². The second-order valence-corrected chi connectivity index (χ2v) is 9.73. The zero-order valence-corrected chi connectivity index (χ0v) is 22.1. The fraction of sp³-hybridized carbons (Fsp3) is 0.419. The quantitative estimate of drug-likeness (QED) is 0.376. The minimum atomic E-state index is -0.525. The number of ether oxygens (including phenoxy) is 3. The van der Waals surface area contributed by atoms with Gasteiger partial charge in [-0.25, -0.2) is 0 Å². The Bertz CT molecular complexity index is 1100. The summed E-state index contributed by atoms with van der Waals surface area (Å²) in [5, 5.41) is 10.7. The van der Waals surface area contributed by atoms with Crippen LogP contribution < -0.4 is 14.2 Å². The Kier molecular flexibility index (Phi) is 10.2. The normalized spacial score (nSPS) is 15.3. The van der Waals surface area contributed by atoms with E-state index in [-0.39, 0.29) is 0 Å². The van der Waals surface area contributed by atoms with Gasteiger partial charge in [-0.2, -0.15) is 0 Å². The van der Waals surface area contributed by atoms with Crippen LogP contribution in [0.15, 0.2) is 72.8 Å². The Hall–Kier alpha value is -3.06. The van der Waals surface area contributed by atoms with E-state index in [9.17, 15) is 5.11 Å². The van der Waals surface area contributed by atoms with Crippen molar-refractivity contribution in [2.24, 2.45) is 0 Å². The zero-order valence-electron chi connectivity index (χ0n) is 22.1. The van der Waals surface area contributed by atoms with E-state index in [0.717, 1.165) is 68.4 Å². The second kappa shape index (κ2) is 14.0. The number of nitrogens with zero attached hydrogens (tertiary/aromatic N) is 2. The molecule has 0 spiro atoms. The summed E-state index contributed by atoms with van der Waals surface area (Å²) in [4.78, 5) is 4.74. The lowest BCUT2D eigenvalue weighted by atomic mass is 10.0. The topological polar surface area (TPSA) is 54.4 Å². The molecule has 0 radical (unpaired) electrons. The number of hydrogen-bond acceptors (Lipinski definition) is 6. The predicted molar refractivity (Wildman–Crippen MR) is 148 cm³/mol. The maximum Gasteiger partial charge on any atom is 0.122 e. The zero-order chi connectivity index (χ0) is 25.9. The molecule has 198 valence electrons. The van der Waals surface area contributed by atoms with E-state index in [1.54, 1.807) is 7.11 Å². The summed E-state index contributed by atoms with van der Waals surface area (Å²) in [7, 11) is 1.69. The number of piperazine rings is 1. The van der Waals surface area contributed by atoms with Crippen LogP contribution in [0.25, 0.3) is 0 Å². The van der Waals surface area contributed by atoms with Gasteiger partial charge >= 0.3 is 0 Å². The van der Waals surface area contributed by atoms with Crippen molar-refractivity contribution in [1.29, 1.82) is 0 Å². The third-order valence-electron chi connectivity index (χ3n) is 6.82. The molecule has 1 heterocycles. The van der Waals surface area contributed by atoms with Crippen LogP contribution in [-0.4, -0.2) is 80.6 Å². The van der Waals surface area contributed by atoms with Crippen molar-refractivity contribution in [3.8, 4) is 17.2 Å². The molecule has 6 nitrogen and oxygen atoms in total. The van der Waals surface area contributed by atoms with E-state index in [1.165, 1.54) is 11.1 Å². The molecule has 1 unspecified atom stereocenters. The summed E-state index contributed by atoms with van der Waals surface area (Å²) < 4.78 is 17.3. The molecule has 0 saturated carbocycles. The molecule has 37 heavy (non-hydrogen) atoms. The highest BCUT2D eigenvalue weighted by Crippen LogP contribution is 2.22. The highest BCUT2D eigenvalue weighted by molar-refractivity contribution is 5.35. The van der Waals surface area contributed by atoms with Gasteiger partial charge in [0.15, 0.2) is 0 Å². The number of methoxy groups -OCH3 is 1. The van der Waals surface area contributed by atoms with Gasteiger partial charge in [0.1, 0.15) is 36.6 Å². The molecular weight excluding hydrogens is 464 g/mol. The molecule has 1 aliphatic heterocycles. The van der Waals surface area contributed by atoms with Crippen LogP contribution in [0.2, 0.25) is 0 Å². The van der Waals surface area contributed by atoms with Crippen LogP contribution in [0.1, 0.15) is 16.7 Å². The first-order valence-electron chi connectivity index (χ1n) is 13.2. The molecule has 1 saturated heterocycles. The lowest BCUT2D eigenvalue weighted by molar-refractivity contribution is 0.0434. The average Bonchev–Trinajstić information content (AvgIpc) is 2.92. The molecule has 0 aromatic heterocycles. The minimum absolute atomic E-state index is 0.292. The first-order chi connectivity index (χ1) is 18.1. The Labute approximate surface area is 221 Å². The van der Waals surface area contributed by atoms with Gasteiger partial charge in [-0.05, 0) is 66.8 Å². The van der Waals surface area contributed by atoms with E-state index in [4.69, 9.17) is 14.2 Å². The summed E-state index contributed by atoms with van der Waals surface area (Å²) in [6.45, 7) is 8.46. The Morgan fingerprint density at radius 3 is 2.38 bits per heavy atom. The molecule has 4 rings (SSSR count). The average molecular weight is 505 g/mol. The molecule has 0 amide bonds. The number of β-amino-alcohol motifs (C(OH)–C–C–N with tert-alkyl or cyclic N) is 1. The van der Waals surface area contributed by atoms with Gasteiger partial charge in [-0.1, -0.05) is 42.5 Å². The Balaban J connectivity index is 1.15. The maximum absolute atomic E-state index is 10.7. The molecule has 1 N–H and O–H groups in total. The third-order valence-corrected chi connectivity index (χ3v) is 6.82. The molecule has 3 aromatic rings. The predicted octanol–water partition coefficient (Wildman–Crippen LogP) is 4.23. The van der Waals surface area contributed by atoms with E-state index in [0.29, 0.717) is 19.8 Å². The summed E-state index contributed by atoms with van der Waals surface area (Å²) >= 11 is 0. The lowest BCUT2D eigenvalue weighted by Gasteiger charge is -2.35. The first-order valence-corrected chi connectivity index (χ1v) is 13.2. The monoisotopic (exact) mass is 504 g/mol. The van der Waals surface area contributed by atoms with Gasteiger partial charge in [0.05, 0.1) is 7.11 Å². The first kappa shape index (κ1) is 27.0. The molecule has 1 fully saturated rings. The van der Waals surface area contributed by atoms with Crippen LogP contribution in [0.4, 0.5) is 0 Å². The van der Waals surface area contributed by atoms with Crippen LogP contribution >= 0.6 is 0 Å². The van der Waals surface area contributed by atoms with Crippen LogP contribution in [0, 0.1) is 6.92 Å². The van der Waals surface area contributed by atoms with Gasteiger partial charge in [-0.3, -0.25) is 9.80 Å². The molecule has 1 atom stereocenters. The maximum atomic E-state index is 10.7. The number of hydrogen-bond donors (Lipinski definition) is 1. The van der Waals surface area contributed by atoms with Crippen LogP contribution in [0.5, 0.6) is 17.2 Å². The van der Waals surface area contributed by atoms with Gasteiger partial charge in [0.25, 0.3) is 0 Å². The van der Waals surface area contributed by atoms with Crippen molar-refractivity contribution in [2.75, 3.05) is 59.6 Å². The van der Waals surface area contributed by atoms with Crippen LogP contribution in [-0.2, 0) is 12.8 Å². The Morgan fingerprint density at radius 1 is 0.811 bits per heavy atom. The van der Waals surface area contributed by atoms with E-state index in [1.807, 2.05) is 42.5 Å². The standard InChI is InChI=1S/C31H40N2O4/c1-25-7-5-11-30(21-25)36-20-19-32-15-17-33(18-16-32)23-28(34)24-37-31-12-4-3-9-27(31)14-13-26-8-6-10-29(22-26)35-2/h3-12,21-22,28,34H,13-20,23-24H2,1-2H3. The number of aryl methyl sites for hydroxylation is 3. The molecular formula is C31H40N2O4. The Morgan fingerprint density at radius 2 is 1.57 bits per heavy atom. The van der Waals surface area contributed by atoms with Crippen molar-refractivity contribution < 1.29 is 19.3 Å². The number of para-hydroxylation sites is 1. The molecule has 3 aromatic carbocycles. The fourth-order valence-corrected chi connectivity index (χ4v) is 4.69. The summed E-state index contributed by atoms with van der Waals surface area (Å²) in [5.74, 6) is 2.66. The largest absolute Gasteiger partial charge is 0.497 e. The SMILES string of the molecule is COc1cccc(CCc2ccccc2OCC(O)CN2CCN(CCOc3cccc(C)c3)CC2)c1. The second-order valence-electron chi connectivity index (χ2n) is 9.73. The minimum Gasteiger partial charge on any atom is -0.497 e. The van der Waals surface area contributed by atoms with Gasteiger partial charge < -0.3 is 19.3 Å². The fourth-order valence-electron chi connectivity index (χ4n) is 4.69. The molecule has 1 aliphatic rings. The number of rotatable bonds is 13. The van der Waals surface area contributed by atoms with E-state index in [2.05, 4.69) is 47.1 Å².